The highest BCUT2D eigenvalue weighted by molar-refractivity contribution is 5.87. The van der Waals surface area contributed by atoms with Gasteiger partial charge in [-0.05, 0) is 47.9 Å². The van der Waals surface area contributed by atoms with Crippen LogP contribution >= 0.6 is 0 Å². The standard InChI is InChI=1S/C24H31N5O/c1-24(2,3)18-6-8-19(9-7-18)26-14-20(30)13-17-5-4-12-29(15-17)23-21-10-11-25-22(21)27-16-28-23/h6-11,16-17,26H,4-5,12-15H2,1-3H3,(H,25,27,28). The van der Waals surface area contributed by atoms with E-state index in [0.29, 0.717) is 18.9 Å². The van der Waals surface area contributed by atoms with E-state index >= 15 is 0 Å². The quantitative estimate of drug-likeness (QED) is 0.630. The van der Waals surface area contributed by atoms with Crippen molar-refractivity contribution in [2.75, 3.05) is 29.9 Å². The predicted molar refractivity (Wildman–Crippen MR) is 122 cm³/mol. The number of rotatable bonds is 6. The molecule has 0 aliphatic carbocycles. The number of aromatic amines is 1. The Hall–Kier alpha value is -2.89. The highest BCUT2D eigenvalue weighted by Gasteiger charge is 2.24. The number of H-pyrrole nitrogens is 1. The van der Waals surface area contributed by atoms with Crippen molar-refractivity contribution in [1.29, 1.82) is 0 Å². The SMILES string of the molecule is CC(C)(C)c1ccc(NCC(=O)CC2CCCN(c3ncnc4[nH]ccc34)C2)cc1. The van der Waals surface area contributed by atoms with Crippen LogP contribution in [0.3, 0.4) is 0 Å². The first-order valence-electron chi connectivity index (χ1n) is 10.8. The normalized spacial score (nSPS) is 17.3. The summed E-state index contributed by atoms with van der Waals surface area (Å²) < 4.78 is 0. The Labute approximate surface area is 178 Å². The lowest BCUT2D eigenvalue weighted by atomic mass is 9.87. The van der Waals surface area contributed by atoms with Crippen LogP contribution in [-0.4, -0.2) is 40.4 Å². The van der Waals surface area contributed by atoms with Crippen LogP contribution < -0.4 is 10.2 Å². The third-order valence-electron chi connectivity index (χ3n) is 5.91. The van der Waals surface area contributed by atoms with Crippen molar-refractivity contribution in [2.45, 2.75) is 45.4 Å². The number of hydrogen-bond donors (Lipinski definition) is 2. The summed E-state index contributed by atoms with van der Waals surface area (Å²) in [6, 6.07) is 10.4. The molecule has 0 amide bonds. The van der Waals surface area contributed by atoms with E-state index < -0.39 is 0 Å². The molecule has 3 heterocycles. The number of nitrogens with one attached hydrogen (secondary N) is 2. The molecular formula is C24H31N5O. The number of nitrogens with zero attached hydrogens (tertiary/aromatic N) is 3. The van der Waals surface area contributed by atoms with Crippen molar-refractivity contribution in [3.8, 4) is 0 Å². The average Bonchev–Trinajstić information content (AvgIpc) is 3.21. The first-order valence-corrected chi connectivity index (χ1v) is 10.8. The lowest BCUT2D eigenvalue weighted by Crippen LogP contribution is -2.37. The Morgan fingerprint density at radius 2 is 2.00 bits per heavy atom. The molecule has 1 fully saturated rings. The van der Waals surface area contributed by atoms with Crippen LogP contribution in [0.15, 0.2) is 42.9 Å². The Morgan fingerprint density at radius 1 is 1.20 bits per heavy atom. The molecule has 6 nitrogen and oxygen atoms in total. The minimum Gasteiger partial charge on any atom is -0.378 e. The molecular weight excluding hydrogens is 374 g/mol. The van der Waals surface area contributed by atoms with Gasteiger partial charge in [0.15, 0.2) is 5.78 Å². The number of aromatic nitrogens is 3. The van der Waals surface area contributed by atoms with Crippen molar-refractivity contribution in [3.63, 3.8) is 0 Å². The van der Waals surface area contributed by atoms with Crippen molar-refractivity contribution in [3.05, 3.63) is 48.4 Å². The summed E-state index contributed by atoms with van der Waals surface area (Å²) in [7, 11) is 0. The second-order valence-electron chi connectivity index (χ2n) is 9.32. The van der Waals surface area contributed by atoms with Gasteiger partial charge >= 0.3 is 0 Å². The van der Waals surface area contributed by atoms with Crippen LogP contribution in [0.25, 0.3) is 11.0 Å². The van der Waals surface area contributed by atoms with Gasteiger partial charge in [-0.1, -0.05) is 32.9 Å². The number of fused-ring (bicyclic) bond motifs is 1. The highest BCUT2D eigenvalue weighted by atomic mass is 16.1. The summed E-state index contributed by atoms with van der Waals surface area (Å²) in [5, 5.41) is 4.33. The Bertz CT molecular complexity index is 1000. The lowest BCUT2D eigenvalue weighted by molar-refractivity contribution is -0.118. The number of hydrogen-bond acceptors (Lipinski definition) is 5. The molecule has 0 spiro atoms. The van der Waals surface area contributed by atoms with E-state index in [1.807, 2.05) is 12.3 Å². The molecule has 3 aromatic rings. The Morgan fingerprint density at radius 3 is 2.77 bits per heavy atom. The zero-order valence-electron chi connectivity index (χ0n) is 18.1. The van der Waals surface area contributed by atoms with Gasteiger partial charge in [0.05, 0.1) is 11.9 Å². The molecule has 0 bridgehead atoms. The van der Waals surface area contributed by atoms with Gasteiger partial charge in [-0.25, -0.2) is 9.97 Å². The molecule has 1 saturated heterocycles. The summed E-state index contributed by atoms with van der Waals surface area (Å²) >= 11 is 0. The van der Waals surface area contributed by atoms with Gasteiger partial charge in [0.25, 0.3) is 0 Å². The Balaban J connectivity index is 1.32. The fourth-order valence-electron chi connectivity index (χ4n) is 4.22. The van der Waals surface area contributed by atoms with Gasteiger partial charge in [-0.15, -0.1) is 0 Å². The van der Waals surface area contributed by atoms with Crippen LogP contribution in [0.1, 0.15) is 45.6 Å². The second-order valence-corrected chi connectivity index (χ2v) is 9.32. The number of carbonyl (C=O) groups is 1. The van der Waals surface area contributed by atoms with E-state index in [2.05, 4.69) is 70.2 Å². The first-order chi connectivity index (χ1) is 14.4. The highest BCUT2D eigenvalue weighted by Crippen LogP contribution is 2.28. The molecule has 1 aliphatic rings. The number of ketones is 1. The maximum atomic E-state index is 12.6. The third-order valence-corrected chi connectivity index (χ3v) is 5.91. The van der Waals surface area contributed by atoms with Crippen LogP contribution in [0, 0.1) is 5.92 Å². The summed E-state index contributed by atoms with van der Waals surface area (Å²) in [5.41, 5.74) is 3.29. The average molecular weight is 406 g/mol. The van der Waals surface area contributed by atoms with E-state index in [-0.39, 0.29) is 11.2 Å². The van der Waals surface area contributed by atoms with E-state index in [1.165, 1.54) is 5.56 Å². The smallest absolute Gasteiger partial charge is 0.152 e. The van der Waals surface area contributed by atoms with Gasteiger partial charge < -0.3 is 15.2 Å². The number of Topliss-reactive ketones (excluding diaryl/α,β-unsaturated/α-hetero) is 1. The Kier molecular flexibility index (Phi) is 5.75. The molecule has 30 heavy (non-hydrogen) atoms. The topological polar surface area (TPSA) is 73.9 Å². The molecule has 2 N–H and O–H groups in total. The number of carbonyl (C=O) groups excluding carboxylic acids is 1. The summed E-state index contributed by atoms with van der Waals surface area (Å²) in [6.45, 7) is 8.82. The molecule has 4 rings (SSSR count). The van der Waals surface area contributed by atoms with Crippen LogP contribution in [0.2, 0.25) is 0 Å². The monoisotopic (exact) mass is 405 g/mol. The zero-order chi connectivity index (χ0) is 21.1. The number of piperidine rings is 1. The molecule has 2 aromatic heterocycles. The van der Waals surface area contributed by atoms with Crippen molar-refractivity contribution in [2.24, 2.45) is 5.92 Å². The van der Waals surface area contributed by atoms with Gasteiger partial charge in [-0.3, -0.25) is 4.79 Å². The van der Waals surface area contributed by atoms with E-state index in [9.17, 15) is 4.79 Å². The molecule has 1 atom stereocenters. The lowest BCUT2D eigenvalue weighted by Gasteiger charge is -2.33. The second kappa shape index (κ2) is 8.46. The molecule has 1 aliphatic heterocycles. The van der Waals surface area contributed by atoms with Crippen molar-refractivity contribution in [1.82, 2.24) is 15.0 Å². The van der Waals surface area contributed by atoms with Gasteiger partial charge in [-0.2, -0.15) is 0 Å². The fourth-order valence-corrected chi connectivity index (χ4v) is 4.22. The first kappa shape index (κ1) is 20.4. The molecule has 1 aromatic carbocycles. The van der Waals surface area contributed by atoms with E-state index in [4.69, 9.17) is 0 Å². The summed E-state index contributed by atoms with van der Waals surface area (Å²) in [5.74, 6) is 1.59. The minimum atomic E-state index is 0.136. The maximum absolute atomic E-state index is 12.6. The van der Waals surface area contributed by atoms with Gasteiger partial charge in [0.2, 0.25) is 0 Å². The molecule has 0 radical (unpaired) electrons. The molecule has 0 saturated carbocycles. The van der Waals surface area contributed by atoms with Crippen molar-refractivity contribution < 1.29 is 4.79 Å². The van der Waals surface area contributed by atoms with Gasteiger partial charge in [0.1, 0.15) is 17.8 Å². The summed E-state index contributed by atoms with van der Waals surface area (Å²) in [4.78, 5) is 26.9. The number of benzene rings is 1. The largest absolute Gasteiger partial charge is 0.378 e. The predicted octanol–water partition coefficient (Wildman–Crippen LogP) is 4.54. The number of anilines is 2. The third kappa shape index (κ3) is 4.64. The van der Waals surface area contributed by atoms with Crippen molar-refractivity contribution >= 4 is 28.3 Å². The molecule has 158 valence electrons. The van der Waals surface area contributed by atoms with Crippen LogP contribution in [-0.2, 0) is 10.2 Å². The van der Waals surface area contributed by atoms with Crippen LogP contribution in [0.4, 0.5) is 11.5 Å². The fraction of sp³-hybridized carbons (Fsp3) is 0.458. The van der Waals surface area contributed by atoms with E-state index in [1.54, 1.807) is 6.33 Å². The van der Waals surface area contributed by atoms with Gasteiger partial charge in [0, 0.05) is 31.4 Å². The van der Waals surface area contributed by atoms with E-state index in [0.717, 1.165) is 48.5 Å². The minimum absolute atomic E-state index is 0.136. The van der Waals surface area contributed by atoms with Crippen LogP contribution in [0.5, 0.6) is 0 Å². The zero-order valence-corrected chi connectivity index (χ0v) is 18.1. The maximum Gasteiger partial charge on any atom is 0.152 e. The summed E-state index contributed by atoms with van der Waals surface area (Å²) in [6.07, 6.45) is 6.27. The molecule has 1 unspecified atom stereocenters. The molecule has 6 heteroatoms.